The van der Waals surface area contributed by atoms with E-state index in [-0.39, 0.29) is 15.7 Å². The van der Waals surface area contributed by atoms with Crippen molar-refractivity contribution in [2.75, 3.05) is 20.0 Å². The fourth-order valence-electron chi connectivity index (χ4n) is 2.64. The standard InChI is InChI=1S/C12H17N.C7H6.C5H5.C3H9P.V/c1-8(2)10-6-5-7-11(9(3)4)12(10)13;1-7-5-3-2-4-6-7;1-2-4-5-3-1;1-4(2)3;/h5-9H,1-4H3;1-6H;1-5H;1-3H3;. The maximum Gasteiger partial charge on any atom is 0.00506 e. The molecular weight excluding hydrogens is 420 g/mol. The van der Waals surface area contributed by atoms with E-state index in [9.17, 15) is 0 Å². The summed E-state index contributed by atoms with van der Waals surface area (Å²) in [6.45, 7) is 15.7. The van der Waals surface area contributed by atoms with E-state index < -0.39 is 0 Å². The molecule has 0 heterocycles. The Morgan fingerprint density at radius 2 is 1.23 bits per heavy atom. The van der Waals surface area contributed by atoms with Gasteiger partial charge in [-0.15, -0.1) is 7.92 Å². The van der Waals surface area contributed by atoms with Crippen LogP contribution in [0.5, 0.6) is 0 Å². The predicted octanol–water partition coefficient (Wildman–Crippen LogP) is 8.36. The second-order valence-electron chi connectivity index (χ2n) is 8.15. The molecule has 3 rings (SSSR count). The van der Waals surface area contributed by atoms with Crippen molar-refractivity contribution < 1.29 is 15.7 Å². The summed E-state index contributed by atoms with van der Waals surface area (Å²) >= 11 is -0.162. The quantitative estimate of drug-likeness (QED) is 0.409. The van der Waals surface area contributed by atoms with Crippen LogP contribution in [0, 0.1) is 6.42 Å². The van der Waals surface area contributed by atoms with Crippen molar-refractivity contribution in [3.05, 3.63) is 95.9 Å². The van der Waals surface area contributed by atoms with Crippen molar-refractivity contribution in [2.24, 2.45) is 3.79 Å². The molecule has 1 aliphatic rings. The summed E-state index contributed by atoms with van der Waals surface area (Å²) in [6, 6.07) is 17.1. The Kier molecular flexibility index (Phi) is 13.7. The maximum absolute atomic E-state index is 4.98. The first-order chi connectivity index (χ1) is 14.3. The molecule has 2 aromatic rings. The van der Waals surface area contributed by atoms with Crippen LogP contribution in [0.2, 0.25) is 0 Å². The third-order valence-electron chi connectivity index (χ3n) is 4.06. The summed E-state index contributed by atoms with van der Waals surface area (Å²) in [5, 5.41) is 0. The van der Waals surface area contributed by atoms with Gasteiger partial charge >= 0.3 is 135 Å². The molecule has 0 bridgehead atoms. The van der Waals surface area contributed by atoms with E-state index in [1.54, 1.807) is 0 Å². The topological polar surface area (TPSA) is 12.4 Å². The molecule has 2 aromatic carbocycles. The Hall–Kier alpha value is -1.40. The number of hydrogen-bond acceptors (Lipinski definition) is 1. The molecule has 0 saturated heterocycles. The maximum atomic E-state index is 4.98. The molecule has 1 nitrogen and oxygen atoms in total. The van der Waals surface area contributed by atoms with Crippen LogP contribution in [-0.4, -0.2) is 24.7 Å². The van der Waals surface area contributed by atoms with Gasteiger partial charge in [-0.2, -0.15) is 0 Å². The summed E-state index contributed by atoms with van der Waals surface area (Å²) in [4.78, 5) is 0. The Morgan fingerprint density at radius 3 is 1.63 bits per heavy atom. The second-order valence-corrected chi connectivity index (χ2v) is 11.9. The zero-order chi connectivity index (χ0) is 22.4. The number of allylic oxidation sites excluding steroid dienone is 4. The van der Waals surface area contributed by atoms with Crippen molar-refractivity contribution in [2.45, 2.75) is 39.5 Å². The van der Waals surface area contributed by atoms with E-state index in [1.807, 2.05) is 30.7 Å². The fraction of sp³-hybridized carbons (Fsp3) is 0.333. The molecule has 3 heteroatoms. The van der Waals surface area contributed by atoms with Crippen molar-refractivity contribution in [3.63, 3.8) is 0 Å². The van der Waals surface area contributed by atoms with Gasteiger partial charge in [0.15, 0.2) is 0 Å². The third-order valence-corrected chi connectivity index (χ3v) is 5.20. The first kappa shape index (κ1) is 26.6. The van der Waals surface area contributed by atoms with E-state index in [0.29, 0.717) is 19.8 Å². The van der Waals surface area contributed by atoms with Crippen LogP contribution in [-0.2, 0) is 15.7 Å². The summed E-state index contributed by atoms with van der Waals surface area (Å²) < 4.78 is 7.26. The normalized spacial score (nSPS) is 11.5. The van der Waals surface area contributed by atoms with Crippen molar-refractivity contribution in [1.29, 1.82) is 0 Å². The van der Waals surface area contributed by atoms with E-state index in [0.717, 1.165) is 0 Å². The van der Waals surface area contributed by atoms with Crippen LogP contribution in [0.1, 0.15) is 56.2 Å². The minimum atomic E-state index is -0.162. The molecule has 30 heavy (non-hydrogen) atoms. The molecule has 0 saturated carbocycles. The second kappa shape index (κ2) is 15.4. The third kappa shape index (κ3) is 11.1. The van der Waals surface area contributed by atoms with Crippen LogP contribution in [0.25, 0.3) is 0 Å². The number of nitrogens with zero attached hydrogens (tertiary/aromatic N) is 1. The summed E-state index contributed by atoms with van der Waals surface area (Å²) in [7, 11) is 0.380. The summed E-state index contributed by atoms with van der Waals surface area (Å²) in [5.41, 5.74) is 5.25. The average molecular weight is 458 g/mol. The van der Waals surface area contributed by atoms with Gasteiger partial charge in [-0.25, -0.2) is 0 Å². The fourth-order valence-corrected chi connectivity index (χ4v) is 3.75. The Morgan fingerprint density at radius 1 is 0.733 bits per heavy atom. The van der Waals surface area contributed by atoms with Gasteiger partial charge in [-0.05, 0) is 20.0 Å². The molecule has 160 valence electrons. The van der Waals surface area contributed by atoms with Crippen LogP contribution < -0.4 is 0 Å². The predicted molar refractivity (Wildman–Crippen MR) is 136 cm³/mol. The molecule has 0 fully saturated rings. The van der Waals surface area contributed by atoms with Gasteiger partial charge in [-0.3, -0.25) is 0 Å². The Labute approximate surface area is 192 Å². The Bertz CT molecular complexity index is 819. The zero-order valence-electron chi connectivity index (χ0n) is 19.6. The van der Waals surface area contributed by atoms with Gasteiger partial charge in [0.05, 0.1) is 0 Å². The van der Waals surface area contributed by atoms with Crippen molar-refractivity contribution in [1.82, 2.24) is 0 Å². The van der Waals surface area contributed by atoms with E-state index in [2.05, 4.69) is 101 Å². The van der Waals surface area contributed by atoms with E-state index in [4.69, 9.17) is 3.79 Å². The monoisotopic (exact) mass is 457 g/mol. The first-order valence-electron chi connectivity index (χ1n) is 10.5. The molecule has 0 aliphatic heterocycles. The molecular formula is C27H37NPV. The van der Waals surface area contributed by atoms with Crippen LogP contribution in [0.4, 0.5) is 5.69 Å². The smallest absolute Gasteiger partial charge is 0.00506 e. The molecule has 0 unspecified atom stereocenters. The van der Waals surface area contributed by atoms with E-state index in [1.165, 1.54) is 22.4 Å². The van der Waals surface area contributed by atoms with Gasteiger partial charge in [0.25, 0.3) is 0 Å². The minimum Gasteiger partial charge on any atom is -0.116 e. The molecule has 0 aromatic heterocycles. The Balaban J connectivity index is 0.000000414. The van der Waals surface area contributed by atoms with Crippen molar-refractivity contribution in [3.8, 4) is 0 Å². The minimum absolute atomic E-state index is 0.162. The van der Waals surface area contributed by atoms with Gasteiger partial charge in [0, 0.05) is 6.42 Å². The van der Waals surface area contributed by atoms with Crippen molar-refractivity contribution >= 4 is 18.3 Å². The molecule has 0 N–H and O–H groups in total. The first-order valence-corrected chi connectivity index (χ1v) is 14.6. The molecule has 0 amide bonds. The largest absolute Gasteiger partial charge is 0.116 e. The number of benzene rings is 2. The van der Waals surface area contributed by atoms with Gasteiger partial charge in [0.2, 0.25) is 0 Å². The number of rotatable bonds is 4. The van der Waals surface area contributed by atoms with E-state index >= 15 is 0 Å². The molecule has 1 aliphatic carbocycles. The van der Waals surface area contributed by atoms with Crippen LogP contribution in [0.15, 0.2) is 76.6 Å². The summed E-state index contributed by atoms with van der Waals surface area (Å²) in [6.07, 6.45) is 10.0. The van der Waals surface area contributed by atoms with Gasteiger partial charge < -0.3 is 0 Å². The molecule has 1 radical (unpaired) electrons. The average Bonchev–Trinajstić information content (AvgIpc) is 3.28. The molecule has 0 atom stereocenters. The summed E-state index contributed by atoms with van der Waals surface area (Å²) in [5.74, 6) is 1.03. The van der Waals surface area contributed by atoms with Gasteiger partial charge in [-0.1, -0.05) is 24.3 Å². The SMILES string of the molecule is CC(C)c1cccc(C(C)C)c1[N]=[V]=[CH]c1ccccc1.CP(C)C.[CH]1C=CC=C1. The van der Waals surface area contributed by atoms with Gasteiger partial charge in [0.1, 0.15) is 0 Å². The van der Waals surface area contributed by atoms with Crippen LogP contribution in [0.3, 0.4) is 0 Å². The number of hydrogen-bond donors (Lipinski definition) is 0. The molecule has 0 spiro atoms. The van der Waals surface area contributed by atoms with Crippen LogP contribution >= 0.6 is 7.92 Å². The zero-order valence-corrected chi connectivity index (χ0v) is 21.9.